The van der Waals surface area contributed by atoms with Gasteiger partial charge in [0.05, 0.1) is 10.7 Å². The third-order valence-corrected chi connectivity index (χ3v) is 5.03. The van der Waals surface area contributed by atoms with Crippen LogP contribution in [-0.2, 0) is 17.8 Å². The average molecular weight is 393 g/mol. The highest BCUT2D eigenvalue weighted by Gasteiger charge is 2.09. The predicted octanol–water partition coefficient (Wildman–Crippen LogP) is 5.76. The molecule has 0 fully saturated rings. The molecule has 144 valence electrons. The molecule has 0 aromatic heterocycles. The van der Waals surface area contributed by atoms with Crippen LogP contribution >= 0.6 is 11.6 Å². The summed E-state index contributed by atoms with van der Waals surface area (Å²) in [6.07, 6.45) is 1.13. The van der Waals surface area contributed by atoms with E-state index in [4.69, 9.17) is 11.6 Å². The van der Waals surface area contributed by atoms with Crippen LogP contribution < -0.4 is 10.6 Å². The van der Waals surface area contributed by atoms with E-state index < -0.39 is 0 Å². The number of carbonyl (C=O) groups is 1. The molecule has 1 unspecified atom stereocenters. The van der Waals surface area contributed by atoms with E-state index in [2.05, 4.69) is 29.7 Å². The lowest BCUT2D eigenvalue weighted by molar-refractivity contribution is -0.116. The monoisotopic (exact) mass is 392 g/mol. The molecule has 0 saturated carbocycles. The van der Waals surface area contributed by atoms with Crippen LogP contribution in [0.3, 0.4) is 0 Å². The van der Waals surface area contributed by atoms with Gasteiger partial charge in [0.2, 0.25) is 5.91 Å². The third-order valence-electron chi connectivity index (χ3n) is 4.70. The van der Waals surface area contributed by atoms with Crippen LogP contribution in [0.5, 0.6) is 0 Å². The summed E-state index contributed by atoms with van der Waals surface area (Å²) in [7, 11) is 0. The first-order valence-corrected chi connectivity index (χ1v) is 9.90. The van der Waals surface area contributed by atoms with Crippen LogP contribution in [0.2, 0.25) is 5.02 Å². The number of hydrogen-bond acceptors (Lipinski definition) is 2. The van der Waals surface area contributed by atoms with Crippen LogP contribution in [0.4, 0.5) is 5.69 Å². The Kier molecular flexibility index (Phi) is 7.24. The Morgan fingerprint density at radius 3 is 2.32 bits per heavy atom. The van der Waals surface area contributed by atoms with E-state index in [0.29, 0.717) is 30.1 Å². The van der Waals surface area contributed by atoms with Crippen molar-refractivity contribution in [3.05, 3.63) is 101 Å². The van der Waals surface area contributed by atoms with Crippen LogP contribution in [0.15, 0.2) is 78.9 Å². The molecule has 0 aliphatic rings. The minimum Gasteiger partial charge on any atom is -0.325 e. The van der Waals surface area contributed by atoms with Crippen LogP contribution in [0.1, 0.15) is 36.1 Å². The lowest BCUT2D eigenvalue weighted by Crippen LogP contribution is -2.18. The van der Waals surface area contributed by atoms with Gasteiger partial charge in [0.15, 0.2) is 0 Å². The van der Waals surface area contributed by atoms with Crippen molar-refractivity contribution in [3.8, 4) is 0 Å². The van der Waals surface area contributed by atoms with E-state index in [1.165, 1.54) is 5.56 Å². The molecule has 3 aromatic rings. The lowest BCUT2D eigenvalue weighted by Gasteiger charge is -2.15. The van der Waals surface area contributed by atoms with E-state index in [1.54, 1.807) is 0 Å². The van der Waals surface area contributed by atoms with Gasteiger partial charge in [-0.2, -0.15) is 0 Å². The fourth-order valence-corrected chi connectivity index (χ4v) is 3.19. The van der Waals surface area contributed by atoms with Gasteiger partial charge in [-0.1, -0.05) is 78.3 Å². The molecule has 28 heavy (non-hydrogen) atoms. The molecular weight excluding hydrogens is 368 g/mol. The Morgan fingerprint density at radius 1 is 0.929 bits per heavy atom. The predicted molar refractivity (Wildman–Crippen MR) is 117 cm³/mol. The van der Waals surface area contributed by atoms with Gasteiger partial charge in [-0.05, 0) is 42.2 Å². The zero-order valence-corrected chi connectivity index (χ0v) is 16.7. The van der Waals surface area contributed by atoms with Gasteiger partial charge in [-0.25, -0.2) is 0 Å². The Hall–Kier alpha value is -2.62. The van der Waals surface area contributed by atoms with Gasteiger partial charge < -0.3 is 10.6 Å². The van der Waals surface area contributed by atoms with E-state index in [0.717, 1.165) is 11.1 Å². The number of nitrogens with one attached hydrogen (secondary N) is 2. The quantitative estimate of drug-likeness (QED) is 0.511. The Morgan fingerprint density at radius 2 is 1.61 bits per heavy atom. The fraction of sp³-hybridized carbons (Fsp3) is 0.208. The highest BCUT2D eigenvalue weighted by Crippen LogP contribution is 2.24. The molecule has 0 radical (unpaired) electrons. The van der Waals surface area contributed by atoms with Crippen LogP contribution in [-0.4, -0.2) is 5.91 Å². The maximum atomic E-state index is 12.3. The number of hydrogen-bond donors (Lipinski definition) is 2. The number of amides is 1. The summed E-state index contributed by atoms with van der Waals surface area (Å²) in [5.41, 5.74) is 4.12. The maximum Gasteiger partial charge on any atom is 0.224 e. The summed E-state index contributed by atoms with van der Waals surface area (Å²) in [4.78, 5) is 12.3. The highest BCUT2D eigenvalue weighted by molar-refractivity contribution is 6.33. The molecule has 1 amide bonds. The van der Waals surface area contributed by atoms with Crippen molar-refractivity contribution in [2.45, 2.75) is 32.4 Å². The van der Waals surface area contributed by atoms with Gasteiger partial charge in [0.1, 0.15) is 0 Å². The van der Waals surface area contributed by atoms with Crippen molar-refractivity contribution >= 4 is 23.2 Å². The third kappa shape index (κ3) is 5.95. The molecule has 0 saturated heterocycles. The number of carbonyl (C=O) groups excluding carboxylic acids is 1. The van der Waals surface area contributed by atoms with E-state index in [1.807, 2.05) is 66.7 Å². The summed E-state index contributed by atoms with van der Waals surface area (Å²) in [5, 5.41) is 7.00. The van der Waals surface area contributed by atoms with Gasteiger partial charge in [0, 0.05) is 19.0 Å². The van der Waals surface area contributed by atoms with Crippen LogP contribution in [0.25, 0.3) is 0 Å². The number of benzene rings is 3. The SMILES string of the molecule is CC(NCc1ccc(Cl)c(NC(=O)CCc2ccccc2)c1)c1ccccc1. The lowest BCUT2D eigenvalue weighted by atomic mass is 10.1. The topological polar surface area (TPSA) is 41.1 Å². The standard InChI is InChI=1S/C24H25ClN2O/c1-18(21-10-6-3-7-11-21)26-17-20-12-14-22(25)23(16-20)27-24(28)15-13-19-8-4-2-5-9-19/h2-12,14,16,18,26H,13,15,17H2,1H3,(H,27,28). The molecule has 1 atom stereocenters. The zero-order chi connectivity index (χ0) is 19.8. The first kappa shape index (κ1) is 20.1. The van der Waals surface area contributed by atoms with Crippen molar-refractivity contribution in [3.63, 3.8) is 0 Å². The first-order valence-electron chi connectivity index (χ1n) is 9.52. The first-order chi connectivity index (χ1) is 13.6. The average Bonchev–Trinajstić information content (AvgIpc) is 2.74. The second-order valence-electron chi connectivity index (χ2n) is 6.86. The van der Waals surface area contributed by atoms with Gasteiger partial charge in [-0.3, -0.25) is 4.79 Å². The summed E-state index contributed by atoms with van der Waals surface area (Å²) in [5.74, 6) is -0.0338. The van der Waals surface area contributed by atoms with Crippen molar-refractivity contribution in [2.75, 3.05) is 5.32 Å². The fourth-order valence-electron chi connectivity index (χ4n) is 3.02. The highest BCUT2D eigenvalue weighted by atomic mass is 35.5. The number of anilines is 1. The number of halogens is 1. The molecule has 0 heterocycles. The van der Waals surface area contributed by atoms with Gasteiger partial charge in [-0.15, -0.1) is 0 Å². The summed E-state index contributed by atoms with van der Waals surface area (Å²) >= 11 is 6.28. The molecule has 2 N–H and O–H groups in total. The van der Waals surface area contributed by atoms with Crippen molar-refractivity contribution in [1.29, 1.82) is 0 Å². The second kappa shape index (κ2) is 10.1. The molecule has 3 nitrogen and oxygen atoms in total. The summed E-state index contributed by atoms with van der Waals surface area (Å²) in [6.45, 7) is 2.83. The van der Waals surface area contributed by atoms with Crippen molar-refractivity contribution in [2.24, 2.45) is 0 Å². The molecule has 3 rings (SSSR count). The molecule has 3 aromatic carbocycles. The van der Waals surface area contributed by atoms with Crippen molar-refractivity contribution < 1.29 is 4.79 Å². The van der Waals surface area contributed by atoms with Crippen molar-refractivity contribution in [1.82, 2.24) is 5.32 Å². The largest absolute Gasteiger partial charge is 0.325 e. The number of aryl methyl sites for hydroxylation is 1. The Labute approximate surface area is 171 Å². The van der Waals surface area contributed by atoms with Crippen LogP contribution in [0, 0.1) is 0 Å². The molecule has 0 aliphatic heterocycles. The van der Waals surface area contributed by atoms with E-state index >= 15 is 0 Å². The molecular formula is C24H25ClN2O. The number of rotatable bonds is 8. The van der Waals surface area contributed by atoms with E-state index in [9.17, 15) is 4.79 Å². The normalized spacial score (nSPS) is 11.8. The molecule has 4 heteroatoms. The van der Waals surface area contributed by atoms with E-state index in [-0.39, 0.29) is 11.9 Å². The van der Waals surface area contributed by atoms with Gasteiger partial charge in [0.25, 0.3) is 0 Å². The zero-order valence-electron chi connectivity index (χ0n) is 16.0. The maximum absolute atomic E-state index is 12.3. The summed E-state index contributed by atoms with van der Waals surface area (Å²) in [6, 6.07) is 26.3. The minimum atomic E-state index is -0.0338. The van der Waals surface area contributed by atoms with Gasteiger partial charge >= 0.3 is 0 Å². The smallest absolute Gasteiger partial charge is 0.224 e. The molecule has 0 bridgehead atoms. The minimum absolute atomic E-state index is 0.0338. The second-order valence-corrected chi connectivity index (χ2v) is 7.27. The Balaban J connectivity index is 1.56. The molecule has 0 aliphatic carbocycles. The molecule has 0 spiro atoms. The summed E-state index contributed by atoms with van der Waals surface area (Å²) < 4.78 is 0. The Bertz CT molecular complexity index is 897.